The highest BCUT2D eigenvalue weighted by Gasteiger charge is 2.20. The summed E-state index contributed by atoms with van der Waals surface area (Å²) in [5.74, 6) is -0.522. The smallest absolute Gasteiger partial charge is 0.337 e. The number of anilines is 1. The summed E-state index contributed by atoms with van der Waals surface area (Å²) >= 11 is 0. The molecule has 3 N–H and O–H groups in total. The number of hydrogen-bond acceptors (Lipinski definition) is 5. The van der Waals surface area contributed by atoms with Gasteiger partial charge in [0, 0.05) is 28.6 Å². The molecule has 6 heteroatoms. The maximum atomic E-state index is 13.4. The SMILES string of the molecule is Cc1cc(C(C)Nc2ccccc2C(=O)O)c2oc(-c3ccc(C=CC=N)cc3)c(C)c(=O)c2c1. The van der Waals surface area contributed by atoms with Crippen LogP contribution in [0, 0.1) is 19.3 Å². The van der Waals surface area contributed by atoms with Gasteiger partial charge in [-0.1, -0.05) is 48.5 Å². The van der Waals surface area contributed by atoms with Crippen LogP contribution in [0.1, 0.15) is 45.6 Å². The monoisotopic (exact) mass is 466 g/mol. The summed E-state index contributed by atoms with van der Waals surface area (Å²) in [6.07, 6.45) is 4.68. The zero-order valence-electron chi connectivity index (χ0n) is 19.8. The van der Waals surface area contributed by atoms with Gasteiger partial charge in [0.2, 0.25) is 0 Å². The topological polar surface area (TPSA) is 103 Å². The summed E-state index contributed by atoms with van der Waals surface area (Å²) in [5, 5.41) is 20.5. The van der Waals surface area contributed by atoms with Gasteiger partial charge in [0.05, 0.1) is 17.0 Å². The molecule has 6 nitrogen and oxygen atoms in total. The summed E-state index contributed by atoms with van der Waals surface area (Å²) in [4.78, 5) is 25.0. The highest BCUT2D eigenvalue weighted by molar-refractivity contribution is 5.94. The molecule has 1 heterocycles. The Labute approximate surface area is 203 Å². The predicted molar refractivity (Wildman–Crippen MR) is 141 cm³/mol. The second kappa shape index (κ2) is 9.81. The molecular formula is C29H26N2O4. The molecule has 3 aromatic carbocycles. The van der Waals surface area contributed by atoms with Crippen LogP contribution in [-0.2, 0) is 0 Å². The Kier molecular flexibility index (Phi) is 6.64. The van der Waals surface area contributed by atoms with Crippen LogP contribution in [0.2, 0.25) is 0 Å². The number of nitrogens with one attached hydrogen (secondary N) is 2. The number of benzene rings is 3. The maximum Gasteiger partial charge on any atom is 0.337 e. The van der Waals surface area contributed by atoms with Crippen molar-refractivity contribution in [2.24, 2.45) is 0 Å². The number of para-hydroxylation sites is 1. The van der Waals surface area contributed by atoms with E-state index in [0.717, 1.165) is 22.3 Å². The van der Waals surface area contributed by atoms with Crippen LogP contribution in [0.15, 0.2) is 76.0 Å². The predicted octanol–water partition coefficient (Wildman–Crippen LogP) is 6.61. The van der Waals surface area contributed by atoms with E-state index in [0.29, 0.717) is 28.0 Å². The largest absolute Gasteiger partial charge is 0.478 e. The third-order valence-corrected chi connectivity index (χ3v) is 5.95. The van der Waals surface area contributed by atoms with Crippen LogP contribution in [0.5, 0.6) is 0 Å². The molecule has 1 atom stereocenters. The van der Waals surface area contributed by atoms with Crippen LogP contribution in [0.25, 0.3) is 28.4 Å². The Hall–Kier alpha value is -4.45. The van der Waals surface area contributed by atoms with Gasteiger partial charge < -0.3 is 20.2 Å². The zero-order valence-corrected chi connectivity index (χ0v) is 19.8. The van der Waals surface area contributed by atoms with E-state index in [9.17, 15) is 14.7 Å². The number of allylic oxidation sites excluding steroid dienone is 1. The van der Waals surface area contributed by atoms with Crippen molar-refractivity contribution in [3.8, 4) is 11.3 Å². The standard InChI is InChI=1S/C29H26N2O4/c1-17-15-23(19(3)31-25-9-5-4-8-22(25)29(33)34)28-24(16-17)26(32)18(2)27(35-28)21-12-10-20(11-13-21)7-6-14-30/h4-16,19,30-31H,1-3H3,(H,33,34). The van der Waals surface area contributed by atoms with Crippen LogP contribution < -0.4 is 10.7 Å². The number of rotatable bonds is 7. The average Bonchev–Trinajstić information content (AvgIpc) is 2.85. The van der Waals surface area contributed by atoms with Crippen molar-refractivity contribution >= 4 is 34.9 Å². The highest BCUT2D eigenvalue weighted by Crippen LogP contribution is 2.32. The van der Waals surface area contributed by atoms with Crippen LogP contribution in [0.4, 0.5) is 5.69 Å². The molecular weight excluding hydrogens is 440 g/mol. The van der Waals surface area contributed by atoms with E-state index in [2.05, 4.69) is 5.32 Å². The van der Waals surface area contributed by atoms with Gasteiger partial charge >= 0.3 is 5.97 Å². The molecule has 0 aliphatic heterocycles. The molecule has 4 rings (SSSR count). The van der Waals surface area contributed by atoms with Gasteiger partial charge in [-0.05, 0) is 56.2 Å². The molecule has 0 saturated carbocycles. The van der Waals surface area contributed by atoms with Gasteiger partial charge in [0.15, 0.2) is 5.43 Å². The highest BCUT2D eigenvalue weighted by atomic mass is 16.4. The summed E-state index contributed by atoms with van der Waals surface area (Å²) in [6, 6.07) is 17.8. The van der Waals surface area contributed by atoms with Gasteiger partial charge in [-0.15, -0.1) is 0 Å². The molecule has 0 fully saturated rings. The van der Waals surface area contributed by atoms with Crippen molar-refractivity contribution in [2.45, 2.75) is 26.8 Å². The maximum absolute atomic E-state index is 13.4. The Balaban J connectivity index is 1.84. The first kappa shape index (κ1) is 23.7. The second-order valence-electron chi connectivity index (χ2n) is 8.48. The molecule has 176 valence electrons. The number of carboxylic acids is 1. The Morgan fingerprint density at radius 2 is 1.80 bits per heavy atom. The van der Waals surface area contributed by atoms with E-state index in [1.807, 2.05) is 56.3 Å². The van der Waals surface area contributed by atoms with Gasteiger partial charge in [-0.3, -0.25) is 4.79 Å². The lowest BCUT2D eigenvalue weighted by atomic mass is 9.98. The third kappa shape index (κ3) is 4.77. The fourth-order valence-electron chi connectivity index (χ4n) is 4.18. The summed E-state index contributed by atoms with van der Waals surface area (Å²) < 4.78 is 6.39. The fraction of sp³-hybridized carbons (Fsp3) is 0.138. The Morgan fingerprint density at radius 1 is 1.09 bits per heavy atom. The van der Waals surface area contributed by atoms with Crippen molar-refractivity contribution in [2.75, 3.05) is 5.32 Å². The van der Waals surface area contributed by atoms with Crippen molar-refractivity contribution < 1.29 is 14.3 Å². The van der Waals surface area contributed by atoms with Crippen LogP contribution in [0.3, 0.4) is 0 Å². The minimum atomic E-state index is -1.02. The molecule has 0 saturated heterocycles. The first-order chi connectivity index (χ1) is 16.8. The van der Waals surface area contributed by atoms with Crippen molar-refractivity contribution in [1.29, 1.82) is 5.41 Å². The van der Waals surface area contributed by atoms with Crippen LogP contribution >= 0.6 is 0 Å². The molecule has 0 radical (unpaired) electrons. The summed E-state index contributed by atoms with van der Waals surface area (Å²) in [5.41, 5.74) is 4.95. The molecule has 1 aromatic heterocycles. The zero-order chi connectivity index (χ0) is 25.1. The van der Waals surface area contributed by atoms with Gasteiger partial charge in [0.1, 0.15) is 11.3 Å². The van der Waals surface area contributed by atoms with Gasteiger partial charge in [0.25, 0.3) is 0 Å². The van der Waals surface area contributed by atoms with E-state index in [-0.39, 0.29) is 17.0 Å². The average molecular weight is 467 g/mol. The van der Waals surface area contributed by atoms with Crippen molar-refractivity contribution in [3.05, 3.63) is 105 Å². The first-order valence-corrected chi connectivity index (χ1v) is 11.2. The number of fused-ring (bicyclic) bond motifs is 1. The molecule has 0 bridgehead atoms. The second-order valence-corrected chi connectivity index (χ2v) is 8.48. The van der Waals surface area contributed by atoms with E-state index in [4.69, 9.17) is 9.83 Å². The van der Waals surface area contributed by atoms with Crippen molar-refractivity contribution in [3.63, 3.8) is 0 Å². The van der Waals surface area contributed by atoms with Gasteiger partial charge in [-0.2, -0.15) is 0 Å². The number of carbonyl (C=O) groups is 1. The van der Waals surface area contributed by atoms with E-state index < -0.39 is 5.97 Å². The normalized spacial score (nSPS) is 12.1. The number of aryl methyl sites for hydroxylation is 1. The fourth-order valence-corrected chi connectivity index (χ4v) is 4.18. The summed E-state index contributed by atoms with van der Waals surface area (Å²) in [7, 11) is 0. The van der Waals surface area contributed by atoms with Crippen LogP contribution in [-0.4, -0.2) is 17.3 Å². The molecule has 0 spiro atoms. The molecule has 0 aliphatic carbocycles. The first-order valence-electron chi connectivity index (χ1n) is 11.2. The quantitative estimate of drug-likeness (QED) is 0.266. The van der Waals surface area contributed by atoms with E-state index >= 15 is 0 Å². The van der Waals surface area contributed by atoms with Gasteiger partial charge in [-0.25, -0.2) is 4.79 Å². The number of carboxylic acid groups (broad SMARTS) is 1. The van der Waals surface area contributed by atoms with E-state index in [1.54, 1.807) is 37.3 Å². The molecule has 4 aromatic rings. The van der Waals surface area contributed by atoms with Crippen molar-refractivity contribution in [1.82, 2.24) is 0 Å². The van der Waals surface area contributed by atoms with E-state index in [1.165, 1.54) is 6.21 Å². The molecule has 0 aliphatic rings. The summed E-state index contributed by atoms with van der Waals surface area (Å²) in [6.45, 7) is 5.59. The molecule has 35 heavy (non-hydrogen) atoms. The molecule has 0 amide bonds. The minimum Gasteiger partial charge on any atom is -0.478 e. The number of aromatic carboxylic acids is 1. The molecule has 1 unspecified atom stereocenters. The minimum absolute atomic E-state index is 0.0999. The third-order valence-electron chi connectivity index (χ3n) is 5.95. The Bertz CT molecular complexity index is 1510. The lowest BCUT2D eigenvalue weighted by molar-refractivity contribution is 0.0698. The lowest BCUT2D eigenvalue weighted by Gasteiger charge is -2.20. The lowest BCUT2D eigenvalue weighted by Crippen LogP contribution is -2.14. The number of hydrogen-bond donors (Lipinski definition) is 3. The Morgan fingerprint density at radius 3 is 2.49 bits per heavy atom.